The van der Waals surface area contributed by atoms with Crippen molar-refractivity contribution in [1.82, 2.24) is 4.98 Å². The van der Waals surface area contributed by atoms with Crippen LogP contribution < -0.4 is 0 Å². The molecule has 5 heteroatoms. The van der Waals surface area contributed by atoms with Crippen LogP contribution in [0.5, 0.6) is 0 Å². The number of pyridine rings is 1. The first-order chi connectivity index (χ1) is 8.58. The quantitative estimate of drug-likeness (QED) is 0.851. The van der Waals surface area contributed by atoms with E-state index in [1.807, 2.05) is 0 Å². The summed E-state index contributed by atoms with van der Waals surface area (Å²) >= 11 is 0. The van der Waals surface area contributed by atoms with Crippen LogP contribution in [0.1, 0.15) is 5.56 Å². The second-order valence-electron chi connectivity index (χ2n) is 3.70. The van der Waals surface area contributed by atoms with E-state index in [0.29, 0.717) is 0 Å². The van der Waals surface area contributed by atoms with E-state index in [1.54, 1.807) is 6.07 Å². The molecule has 1 heterocycles. The van der Waals surface area contributed by atoms with Gasteiger partial charge in [-0.05, 0) is 18.2 Å². The molecule has 0 fully saturated rings. The monoisotopic (exact) mass is 249 g/mol. The van der Waals surface area contributed by atoms with E-state index in [4.69, 9.17) is 5.11 Å². The highest BCUT2D eigenvalue weighted by molar-refractivity contribution is 5.70. The molecule has 3 nitrogen and oxygen atoms in total. The minimum Gasteiger partial charge on any atom is -0.481 e. The normalized spacial score (nSPS) is 10.3. The van der Waals surface area contributed by atoms with Gasteiger partial charge in [-0.15, -0.1) is 0 Å². The maximum Gasteiger partial charge on any atom is 0.307 e. The number of aliphatic carboxylic acids is 1. The largest absolute Gasteiger partial charge is 0.481 e. The van der Waals surface area contributed by atoms with Crippen LogP contribution in [0.25, 0.3) is 11.3 Å². The molecule has 2 rings (SSSR count). The molecule has 0 atom stereocenters. The van der Waals surface area contributed by atoms with Crippen molar-refractivity contribution in [1.29, 1.82) is 0 Å². The molecule has 0 saturated heterocycles. The number of carboxylic acid groups (broad SMARTS) is 1. The van der Waals surface area contributed by atoms with Gasteiger partial charge in [0.05, 0.1) is 12.1 Å². The Morgan fingerprint density at radius 1 is 1.17 bits per heavy atom. The molecule has 0 saturated carbocycles. The Morgan fingerprint density at radius 3 is 2.50 bits per heavy atom. The zero-order valence-electron chi connectivity index (χ0n) is 9.23. The molecule has 0 amide bonds. The van der Waals surface area contributed by atoms with Crippen molar-refractivity contribution in [3.63, 3.8) is 0 Å². The van der Waals surface area contributed by atoms with Gasteiger partial charge >= 0.3 is 5.97 Å². The SMILES string of the molecule is O=C(O)Cc1ccc(-c2ccccc2F)nc1F. The fraction of sp³-hybridized carbons (Fsp3) is 0.0769. The van der Waals surface area contributed by atoms with E-state index in [1.165, 1.54) is 30.3 Å². The zero-order chi connectivity index (χ0) is 13.1. The first-order valence-corrected chi connectivity index (χ1v) is 5.20. The predicted molar refractivity (Wildman–Crippen MR) is 60.9 cm³/mol. The van der Waals surface area contributed by atoms with Crippen LogP contribution in [0.2, 0.25) is 0 Å². The van der Waals surface area contributed by atoms with Gasteiger partial charge in [0.1, 0.15) is 5.82 Å². The van der Waals surface area contributed by atoms with Crippen LogP contribution in [-0.4, -0.2) is 16.1 Å². The van der Waals surface area contributed by atoms with E-state index in [0.717, 1.165) is 0 Å². The summed E-state index contributed by atoms with van der Waals surface area (Å²) in [4.78, 5) is 14.1. The molecule has 0 aliphatic rings. The average molecular weight is 249 g/mol. The highest BCUT2D eigenvalue weighted by atomic mass is 19.1. The third-order valence-corrected chi connectivity index (χ3v) is 2.42. The predicted octanol–water partition coefficient (Wildman–Crippen LogP) is 2.65. The van der Waals surface area contributed by atoms with Gasteiger partial charge in [-0.1, -0.05) is 18.2 Å². The van der Waals surface area contributed by atoms with Gasteiger partial charge in [0, 0.05) is 11.1 Å². The van der Waals surface area contributed by atoms with Crippen molar-refractivity contribution in [3.05, 3.63) is 53.7 Å². The molecule has 0 spiro atoms. The van der Waals surface area contributed by atoms with E-state index < -0.39 is 24.2 Å². The van der Waals surface area contributed by atoms with Crippen LogP contribution in [0.4, 0.5) is 8.78 Å². The van der Waals surface area contributed by atoms with Gasteiger partial charge in [0.2, 0.25) is 5.95 Å². The lowest BCUT2D eigenvalue weighted by Crippen LogP contribution is -2.04. The van der Waals surface area contributed by atoms with Crippen molar-refractivity contribution in [3.8, 4) is 11.3 Å². The number of carboxylic acids is 1. The fourth-order valence-electron chi connectivity index (χ4n) is 1.58. The van der Waals surface area contributed by atoms with Gasteiger partial charge in [-0.25, -0.2) is 9.37 Å². The summed E-state index contributed by atoms with van der Waals surface area (Å²) < 4.78 is 27.0. The summed E-state index contributed by atoms with van der Waals surface area (Å²) in [6.07, 6.45) is -0.448. The smallest absolute Gasteiger partial charge is 0.307 e. The molecule has 1 aromatic heterocycles. The standard InChI is InChI=1S/C13H9F2NO2/c14-10-4-2-1-3-9(10)11-6-5-8(7-12(17)18)13(15)16-11/h1-6H,7H2,(H,17,18). The Kier molecular flexibility index (Phi) is 3.32. The summed E-state index contributed by atoms with van der Waals surface area (Å²) in [5, 5.41) is 8.57. The van der Waals surface area contributed by atoms with Gasteiger partial charge in [-0.2, -0.15) is 4.39 Å². The van der Waals surface area contributed by atoms with E-state index in [9.17, 15) is 13.6 Å². The number of aromatic nitrogens is 1. The van der Waals surface area contributed by atoms with E-state index in [2.05, 4.69) is 4.98 Å². The lowest BCUT2D eigenvalue weighted by molar-refractivity contribution is -0.136. The maximum atomic E-state index is 13.5. The van der Waals surface area contributed by atoms with Crippen molar-refractivity contribution < 1.29 is 18.7 Å². The lowest BCUT2D eigenvalue weighted by Gasteiger charge is -2.04. The van der Waals surface area contributed by atoms with Gasteiger partial charge in [0.25, 0.3) is 0 Å². The van der Waals surface area contributed by atoms with Gasteiger partial charge in [-0.3, -0.25) is 4.79 Å². The summed E-state index contributed by atoms with van der Waals surface area (Å²) in [6, 6.07) is 8.57. The molecule has 1 aromatic carbocycles. The number of carbonyl (C=O) groups is 1. The van der Waals surface area contributed by atoms with Crippen LogP contribution >= 0.6 is 0 Å². The molecule has 0 bridgehead atoms. The maximum absolute atomic E-state index is 13.5. The first kappa shape index (κ1) is 12.2. The molecule has 0 unspecified atom stereocenters. The Balaban J connectivity index is 2.40. The lowest BCUT2D eigenvalue weighted by atomic mass is 10.1. The van der Waals surface area contributed by atoms with Crippen LogP contribution in [-0.2, 0) is 11.2 Å². The average Bonchev–Trinajstić information content (AvgIpc) is 2.32. The van der Waals surface area contributed by atoms with Crippen molar-refractivity contribution in [2.75, 3.05) is 0 Å². The number of nitrogens with zero attached hydrogens (tertiary/aromatic N) is 1. The number of halogens is 2. The minimum atomic E-state index is -1.14. The molecule has 0 aliphatic heterocycles. The minimum absolute atomic E-state index is 0.0254. The second-order valence-corrected chi connectivity index (χ2v) is 3.70. The van der Waals surface area contributed by atoms with Crippen LogP contribution in [0.3, 0.4) is 0 Å². The molecule has 18 heavy (non-hydrogen) atoms. The van der Waals surface area contributed by atoms with Crippen molar-refractivity contribution in [2.45, 2.75) is 6.42 Å². The fourth-order valence-corrected chi connectivity index (χ4v) is 1.58. The number of benzene rings is 1. The third kappa shape index (κ3) is 2.51. The van der Waals surface area contributed by atoms with Crippen LogP contribution in [0, 0.1) is 11.8 Å². The topological polar surface area (TPSA) is 50.2 Å². The molecule has 2 aromatic rings. The van der Waals surface area contributed by atoms with Crippen molar-refractivity contribution >= 4 is 5.97 Å². The number of rotatable bonds is 3. The van der Waals surface area contributed by atoms with Gasteiger partial charge in [0.15, 0.2) is 0 Å². The Labute approximate surface area is 102 Å². The summed E-state index contributed by atoms with van der Waals surface area (Å²) in [6.45, 7) is 0. The Bertz CT molecular complexity index is 599. The third-order valence-electron chi connectivity index (χ3n) is 2.42. The summed E-state index contributed by atoms with van der Waals surface area (Å²) in [5.41, 5.74) is 0.292. The van der Waals surface area contributed by atoms with Gasteiger partial charge < -0.3 is 5.11 Å². The molecule has 0 radical (unpaired) electrons. The zero-order valence-corrected chi connectivity index (χ0v) is 9.23. The Hall–Kier alpha value is -2.30. The second kappa shape index (κ2) is 4.91. The van der Waals surface area contributed by atoms with E-state index in [-0.39, 0.29) is 16.8 Å². The summed E-state index contributed by atoms with van der Waals surface area (Å²) in [5.74, 6) is -2.54. The highest BCUT2D eigenvalue weighted by Crippen LogP contribution is 2.21. The molecule has 92 valence electrons. The number of hydrogen-bond acceptors (Lipinski definition) is 2. The Morgan fingerprint density at radius 2 is 1.89 bits per heavy atom. The molecular weight excluding hydrogens is 240 g/mol. The first-order valence-electron chi connectivity index (χ1n) is 5.20. The molecule has 0 aliphatic carbocycles. The highest BCUT2D eigenvalue weighted by Gasteiger charge is 2.11. The van der Waals surface area contributed by atoms with Crippen molar-refractivity contribution in [2.24, 2.45) is 0 Å². The van der Waals surface area contributed by atoms with Crippen LogP contribution in [0.15, 0.2) is 36.4 Å². The molecular formula is C13H9F2NO2. The van der Waals surface area contributed by atoms with E-state index >= 15 is 0 Å². The summed E-state index contributed by atoms with van der Waals surface area (Å²) in [7, 11) is 0. The molecule has 1 N–H and O–H groups in total. The number of hydrogen-bond donors (Lipinski definition) is 1.